The van der Waals surface area contributed by atoms with Gasteiger partial charge in [-0.3, -0.25) is 0 Å². The van der Waals surface area contributed by atoms with Crippen LogP contribution in [0.15, 0.2) is 11.2 Å². The Balaban J connectivity index is 2.06. The number of ether oxygens (including phenoxy) is 1. The predicted octanol–water partition coefficient (Wildman–Crippen LogP) is 1.78. The minimum Gasteiger partial charge on any atom is -0.475 e. The average Bonchev–Trinajstić information content (AvgIpc) is 2.35. The monoisotopic (exact) mass is 271 g/mol. The van der Waals surface area contributed by atoms with Crippen LogP contribution >= 0.6 is 11.8 Å². The SMILES string of the molecule is [B]c1cc2c(C)nc(SC)nc2nc1OC1CCC1. The van der Waals surface area contributed by atoms with Crippen LogP contribution in [0.2, 0.25) is 0 Å². The van der Waals surface area contributed by atoms with Crippen LogP contribution in [-0.4, -0.2) is 35.2 Å². The van der Waals surface area contributed by atoms with E-state index >= 15 is 0 Å². The lowest BCUT2D eigenvalue weighted by Gasteiger charge is -2.26. The lowest BCUT2D eigenvalue weighted by Crippen LogP contribution is -2.28. The molecule has 1 aliphatic carbocycles. The van der Waals surface area contributed by atoms with Gasteiger partial charge in [-0.2, -0.15) is 4.98 Å². The molecule has 19 heavy (non-hydrogen) atoms. The second-order valence-corrected chi connectivity index (χ2v) is 5.49. The number of aryl methyl sites for hydroxylation is 1. The summed E-state index contributed by atoms with van der Waals surface area (Å²) in [6.45, 7) is 1.94. The maximum absolute atomic E-state index is 6.00. The lowest BCUT2D eigenvalue weighted by atomic mass is 9.94. The molecule has 0 unspecified atom stereocenters. The first-order valence-electron chi connectivity index (χ1n) is 6.33. The van der Waals surface area contributed by atoms with Crippen LogP contribution in [0.1, 0.15) is 25.0 Å². The highest BCUT2D eigenvalue weighted by Gasteiger charge is 2.21. The van der Waals surface area contributed by atoms with Crippen molar-refractivity contribution in [3.05, 3.63) is 11.8 Å². The summed E-state index contributed by atoms with van der Waals surface area (Å²) in [5, 5.41) is 1.60. The van der Waals surface area contributed by atoms with Gasteiger partial charge in [0.15, 0.2) is 10.8 Å². The van der Waals surface area contributed by atoms with Gasteiger partial charge in [-0.15, -0.1) is 0 Å². The average molecular weight is 271 g/mol. The highest BCUT2D eigenvalue weighted by atomic mass is 32.2. The van der Waals surface area contributed by atoms with Gasteiger partial charge in [-0.25, -0.2) is 9.97 Å². The van der Waals surface area contributed by atoms with E-state index in [1.54, 1.807) is 0 Å². The topological polar surface area (TPSA) is 47.9 Å². The maximum atomic E-state index is 6.00. The summed E-state index contributed by atoms with van der Waals surface area (Å²) in [6, 6.07) is 1.86. The van der Waals surface area contributed by atoms with E-state index in [2.05, 4.69) is 15.0 Å². The first-order chi connectivity index (χ1) is 9.17. The van der Waals surface area contributed by atoms with Gasteiger partial charge in [0.25, 0.3) is 0 Å². The van der Waals surface area contributed by atoms with E-state index in [0.717, 1.165) is 29.1 Å². The summed E-state index contributed by atoms with van der Waals surface area (Å²) in [5.74, 6) is 0.502. The lowest BCUT2D eigenvalue weighted by molar-refractivity contribution is 0.116. The van der Waals surface area contributed by atoms with E-state index in [9.17, 15) is 0 Å². The zero-order valence-electron chi connectivity index (χ0n) is 11.0. The van der Waals surface area contributed by atoms with Crippen LogP contribution in [0.4, 0.5) is 0 Å². The zero-order chi connectivity index (χ0) is 13.4. The van der Waals surface area contributed by atoms with Gasteiger partial charge in [0.1, 0.15) is 14.0 Å². The molecule has 0 aromatic carbocycles. The number of aromatic nitrogens is 3. The Bertz CT molecular complexity index is 631. The summed E-state index contributed by atoms with van der Waals surface area (Å²) in [5.41, 5.74) is 2.10. The molecule has 0 aliphatic heterocycles. The van der Waals surface area contributed by atoms with Crippen LogP contribution in [0, 0.1) is 6.92 Å². The largest absolute Gasteiger partial charge is 0.475 e. The van der Waals surface area contributed by atoms with Crippen LogP contribution in [0.25, 0.3) is 11.0 Å². The molecule has 0 bridgehead atoms. The number of thioether (sulfide) groups is 1. The highest BCUT2D eigenvalue weighted by Crippen LogP contribution is 2.25. The number of rotatable bonds is 3. The molecule has 96 valence electrons. The molecule has 0 saturated heterocycles. The maximum Gasteiger partial charge on any atom is 0.208 e. The van der Waals surface area contributed by atoms with Crippen molar-refractivity contribution in [1.82, 2.24) is 15.0 Å². The van der Waals surface area contributed by atoms with E-state index in [4.69, 9.17) is 12.6 Å². The predicted molar refractivity (Wildman–Crippen MR) is 77.5 cm³/mol. The smallest absolute Gasteiger partial charge is 0.208 e. The molecule has 3 rings (SSSR count). The molecule has 2 aromatic rings. The summed E-state index contributed by atoms with van der Waals surface area (Å²) in [6.07, 6.45) is 5.59. The number of hydrogen-bond donors (Lipinski definition) is 0. The normalized spacial score (nSPS) is 15.5. The van der Waals surface area contributed by atoms with Gasteiger partial charge in [0.05, 0.1) is 5.69 Å². The molecule has 2 heterocycles. The van der Waals surface area contributed by atoms with Crippen molar-refractivity contribution in [3.63, 3.8) is 0 Å². The fourth-order valence-corrected chi connectivity index (χ4v) is 2.41. The van der Waals surface area contributed by atoms with E-state index in [0.29, 0.717) is 17.0 Å². The molecule has 0 N–H and O–H groups in total. The molecule has 1 saturated carbocycles. The van der Waals surface area contributed by atoms with E-state index < -0.39 is 0 Å². The van der Waals surface area contributed by atoms with E-state index in [1.807, 2.05) is 19.2 Å². The molecule has 2 aromatic heterocycles. The fourth-order valence-electron chi connectivity index (χ4n) is 2.01. The summed E-state index contributed by atoms with van der Waals surface area (Å²) in [4.78, 5) is 13.3. The Morgan fingerprint density at radius 1 is 1.32 bits per heavy atom. The van der Waals surface area contributed by atoms with Crippen molar-refractivity contribution < 1.29 is 4.74 Å². The van der Waals surface area contributed by atoms with Gasteiger partial charge in [0, 0.05) is 5.39 Å². The van der Waals surface area contributed by atoms with Crippen molar-refractivity contribution in [2.24, 2.45) is 0 Å². The Morgan fingerprint density at radius 2 is 2.11 bits per heavy atom. The third-order valence-corrected chi connectivity index (χ3v) is 3.91. The molecule has 4 nitrogen and oxygen atoms in total. The van der Waals surface area contributed by atoms with Gasteiger partial charge >= 0.3 is 0 Å². The first kappa shape index (κ1) is 12.7. The number of fused-ring (bicyclic) bond motifs is 1. The van der Waals surface area contributed by atoms with Crippen molar-refractivity contribution in [3.8, 4) is 5.88 Å². The summed E-state index contributed by atoms with van der Waals surface area (Å²) < 4.78 is 5.80. The Morgan fingerprint density at radius 3 is 2.74 bits per heavy atom. The molecular weight excluding hydrogens is 257 g/mol. The second-order valence-electron chi connectivity index (χ2n) is 4.72. The van der Waals surface area contributed by atoms with Gasteiger partial charge < -0.3 is 4.74 Å². The highest BCUT2D eigenvalue weighted by molar-refractivity contribution is 7.98. The molecule has 1 aliphatic rings. The van der Waals surface area contributed by atoms with E-state index in [1.165, 1.54) is 18.2 Å². The fraction of sp³-hybridized carbons (Fsp3) is 0.462. The molecule has 1 fully saturated rings. The van der Waals surface area contributed by atoms with Crippen molar-refractivity contribution in [2.45, 2.75) is 37.4 Å². The molecular formula is C13H14BN3OS. The minimum atomic E-state index is 0.259. The third-order valence-electron chi connectivity index (χ3n) is 3.36. The molecule has 0 amide bonds. The zero-order valence-corrected chi connectivity index (χ0v) is 11.8. The summed E-state index contributed by atoms with van der Waals surface area (Å²) in [7, 11) is 6.00. The van der Waals surface area contributed by atoms with Crippen LogP contribution in [0.3, 0.4) is 0 Å². The number of hydrogen-bond acceptors (Lipinski definition) is 5. The minimum absolute atomic E-state index is 0.259. The van der Waals surface area contributed by atoms with Crippen molar-refractivity contribution in [1.29, 1.82) is 0 Å². The quantitative estimate of drug-likeness (QED) is 0.484. The molecule has 6 heteroatoms. The van der Waals surface area contributed by atoms with Crippen LogP contribution in [-0.2, 0) is 0 Å². The van der Waals surface area contributed by atoms with E-state index in [-0.39, 0.29) is 6.10 Å². The molecule has 2 radical (unpaired) electrons. The van der Waals surface area contributed by atoms with Crippen molar-refractivity contribution in [2.75, 3.05) is 6.26 Å². The van der Waals surface area contributed by atoms with Crippen LogP contribution < -0.4 is 10.2 Å². The first-order valence-corrected chi connectivity index (χ1v) is 7.55. The Hall–Kier alpha value is -1.30. The molecule has 0 atom stereocenters. The number of nitrogens with zero attached hydrogens (tertiary/aromatic N) is 3. The van der Waals surface area contributed by atoms with Gasteiger partial charge in [-0.1, -0.05) is 17.8 Å². The Labute approximate surface area is 117 Å². The third kappa shape index (κ3) is 2.41. The van der Waals surface area contributed by atoms with Crippen molar-refractivity contribution >= 4 is 36.1 Å². The van der Waals surface area contributed by atoms with Gasteiger partial charge in [-0.05, 0) is 37.9 Å². The second kappa shape index (κ2) is 5.00. The van der Waals surface area contributed by atoms with Crippen LogP contribution in [0.5, 0.6) is 5.88 Å². The standard InChI is InChI=1S/C13H14BN3OS/c1-7-9-6-10(14)12(18-8-4-3-5-8)16-11(9)17-13(15-7)19-2/h6,8H,3-5H2,1-2H3. The van der Waals surface area contributed by atoms with Gasteiger partial charge in [0.2, 0.25) is 5.88 Å². The summed E-state index contributed by atoms with van der Waals surface area (Å²) >= 11 is 1.50. The molecule has 0 spiro atoms. The number of pyridine rings is 1. The Kier molecular flexibility index (Phi) is 3.35.